The fourth-order valence-electron chi connectivity index (χ4n) is 3.31. The van der Waals surface area contributed by atoms with Gasteiger partial charge in [-0.1, -0.05) is 11.1 Å². The molecule has 0 spiro atoms. The molecule has 0 fully saturated rings. The maximum absolute atomic E-state index is 14.5. The summed E-state index contributed by atoms with van der Waals surface area (Å²) >= 11 is 0. The number of carbonyl (C=O) groups excluding carboxylic acids is 2. The van der Waals surface area contributed by atoms with Gasteiger partial charge in [0.25, 0.3) is 11.8 Å². The molecule has 1 aliphatic heterocycles. The minimum absolute atomic E-state index is 0.0764. The van der Waals surface area contributed by atoms with E-state index in [0.717, 1.165) is 17.7 Å². The Morgan fingerprint density at radius 2 is 1.83 bits per heavy atom. The van der Waals surface area contributed by atoms with Crippen LogP contribution in [0.15, 0.2) is 23.3 Å². The molecule has 1 aliphatic carbocycles. The van der Waals surface area contributed by atoms with E-state index in [1.807, 2.05) is 0 Å². The molecular weight excluding hydrogens is 311 g/mol. The molecular formula is C17H13FN4O2. The molecule has 0 radical (unpaired) electrons. The first-order chi connectivity index (χ1) is 11.6. The van der Waals surface area contributed by atoms with Crippen LogP contribution in [0.2, 0.25) is 0 Å². The molecule has 2 heterocycles. The van der Waals surface area contributed by atoms with Crippen molar-refractivity contribution >= 4 is 28.5 Å². The lowest BCUT2D eigenvalue weighted by Crippen LogP contribution is -2.32. The summed E-state index contributed by atoms with van der Waals surface area (Å²) in [6.45, 7) is 0.165. The van der Waals surface area contributed by atoms with Crippen molar-refractivity contribution in [2.24, 2.45) is 0 Å². The summed E-state index contributed by atoms with van der Waals surface area (Å²) in [7, 11) is 0. The van der Waals surface area contributed by atoms with Gasteiger partial charge in [0.1, 0.15) is 17.9 Å². The Labute approximate surface area is 136 Å². The smallest absolute Gasteiger partial charge is 0.261 e. The lowest BCUT2D eigenvalue weighted by atomic mass is 9.93. The summed E-state index contributed by atoms with van der Waals surface area (Å²) in [5.74, 6) is 0.898. The molecule has 1 aromatic carbocycles. The lowest BCUT2D eigenvalue weighted by Gasteiger charge is -2.16. The monoisotopic (exact) mass is 324 g/mol. The number of carbonyl (C=O) groups is 2. The number of anilines is 1. The lowest BCUT2D eigenvalue weighted by molar-refractivity contribution is -0.120. The number of rotatable bonds is 2. The van der Waals surface area contributed by atoms with E-state index in [9.17, 15) is 14.0 Å². The summed E-state index contributed by atoms with van der Waals surface area (Å²) in [6, 6.07) is 2.58. The summed E-state index contributed by atoms with van der Waals surface area (Å²) < 4.78 is 15.9. The SMILES string of the molecule is C#CCn1nnc2cc(F)c(N3C(=O)C4=C(CCCC4)C3=O)cc21. The molecule has 0 saturated heterocycles. The van der Waals surface area contributed by atoms with E-state index in [1.165, 1.54) is 16.8 Å². The molecule has 2 amide bonds. The molecule has 0 unspecified atom stereocenters. The van der Waals surface area contributed by atoms with E-state index in [-0.39, 0.29) is 12.2 Å². The molecule has 2 aliphatic rings. The fraction of sp³-hybridized carbons (Fsp3) is 0.294. The number of terminal acetylenes is 1. The number of nitrogens with zero attached hydrogens (tertiary/aromatic N) is 4. The third kappa shape index (κ3) is 1.96. The number of benzene rings is 1. The molecule has 1 aromatic heterocycles. The van der Waals surface area contributed by atoms with Gasteiger partial charge in [-0.3, -0.25) is 9.59 Å². The van der Waals surface area contributed by atoms with Gasteiger partial charge in [-0.05, 0) is 31.7 Å². The molecule has 24 heavy (non-hydrogen) atoms. The van der Waals surface area contributed by atoms with E-state index < -0.39 is 17.6 Å². The van der Waals surface area contributed by atoms with E-state index in [4.69, 9.17) is 6.42 Å². The molecule has 0 bridgehead atoms. The quantitative estimate of drug-likeness (QED) is 0.625. The number of amides is 2. The van der Waals surface area contributed by atoms with Crippen molar-refractivity contribution in [3.8, 4) is 12.3 Å². The summed E-state index contributed by atoms with van der Waals surface area (Å²) in [5, 5.41) is 7.72. The number of fused-ring (bicyclic) bond motifs is 1. The first-order valence-corrected chi connectivity index (χ1v) is 7.69. The van der Waals surface area contributed by atoms with Crippen LogP contribution in [0.3, 0.4) is 0 Å². The standard InChI is InChI=1S/C17H13FN4O2/c1-2-7-21-15-9-14(12(18)8-13(15)19-20-21)22-16(23)10-5-3-4-6-11(10)17(22)24/h1,8-9H,3-7H2. The Morgan fingerprint density at radius 3 is 2.46 bits per heavy atom. The number of halogens is 1. The van der Waals surface area contributed by atoms with Gasteiger partial charge < -0.3 is 0 Å². The normalized spacial score (nSPS) is 17.6. The highest BCUT2D eigenvalue weighted by Crippen LogP contribution is 2.37. The predicted octanol–water partition coefficient (Wildman–Crippen LogP) is 1.95. The van der Waals surface area contributed by atoms with Crippen LogP contribution in [-0.2, 0) is 16.1 Å². The van der Waals surface area contributed by atoms with Gasteiger partial charge in [-0.15, -0.1) is 11.5 Å². The molecule has 120 valence electrons. The average molecular weight is 324 g/mol. The Morgan fingerprint density at radius 1 is 1.17 bits per heavy atom. The number of aromatic nitrogens is 3. The van der Waals surface area contributed by atoms with Crippen LogP contribution < -0.4 is 4.90 Å². The van der Waals surface area contributed by atoms with Gasteiger partial charge >= 0.3 is 0 Å². The number of hydrogen-bond acceptors (Lipinski definition) is 4. The summed E-state index contributed by atoms with van der Waals surface area (Å²) in [5.41, 5.74) is 1.76. The van der Waals surface area contributed by atoms with Crippen LogP contribution in [0, 0.1) is 18.2 Å². The third-order valence-electron chi connectivity index (χ3n) is 4.45. The molecule has 0 saturated carbocycles. The topological polar surface area (TPSA) is 68.1 Å². The summed E-state index contributed by atoms with van der Waals surface area (Å²) in [4.78, 5) is 26.1. The van der Waals surface area contributed by atoms with Gasteiger partial charge in [0.15, 0.2) is 0 Å². The molecule has 2 aromatic rings. The van der Waals surface area contributed by atoms with E-state index in [1.54, 1.807) is 0 Å². The first-order valence-electron chi connectivity index (χ1n) is 7.69. The number of hydrogen-bond donors (Lipinski definition) is 0. The van der Waals surface area contributed by atoms with E-state index in [2.05, 4.69) is 16.2 Å². The zero-order valence-corrected chi connectivity index (χ0v) is 12.8. The van der Waals surface area contributed by atoms with Crippen LogP contribution in [0.1, 0.15) is 25.7 Å². The van der Waals surface area contributed by atoms with Crippen molar-refractivity contribution in [1.29, 1.82) is 0 Å². The third-order valence-corrected chi connectivity index (χ3v) is 4.45. The fourth-order valence-corrected chi connectivity index (χ4v) is 3.31. The van der Waals surface area contributed by atoms with E-state index in [0.29, 0.717) is 35.0 Å². The van der Waals surface area contributed by atoms with Crippen molar-refractivity contribution in [2.75, 3.05) is 4.90 Å². The van der Waals surface area contributed by atoms with Crippen molar-refractivity contribution in [1.82, 2.24) is 15.0 Å². The first kappa shape index (κ1) is 14.6. The maximum atomic E-state index is 14.5. The molecule has 4 rings (SSSR count). The molecule has 0 atom stereocenters. The van der Waals surface area contributed by atoms with Gasteiger partial charge in [0, 0.05) is 17.2 Å². The predicted molar refractivity (Wildman–Crippen MR) is 84.3 cm³/mol. The van der Waals surface area contributed by atoms with Gasteiger partial charge in [0.05, 0.1) is 11.2 Å². The Balaban J connectivity index is 1.83. The second-order valence-electron chi connectivity index (χ2n) is 5.85. The Hall–Kier alpha value is -3.01. The Bertz CT molecular complexity index is 939. The highest BCUT2D eigenvalue weighted by atomic mass is 19.1. The van der Waals surface area contributed by atoms with Crippen molar-refractivity contribution < 1.29 is 14.0 Å². The minimum Gasteiger partial charge on any atom is -0.269 e. The van der Waals surface area contributed by atoms with Crippen LogP contribution in [-0.4, -0.2) is 26.8 Å². The average Bonchev–Trinajstić information content (AvgIpc) is 3.07. The highest BCUT2D eigenvalue weighted by Gasteiger charge is 2.40. The largest absolute Gasteiger partial charge is 0.269 e. The van der Waals surface area contributed by atoms with Crippen LogP contribution in [0.25, 0.3) is 11.0 Å². The minimum atomic E-state index is -0.684. The molecule has 6 nitrogen and oxygen atoms in total. The van der Waals surface area contributed by atoms with Crippen LogP contribution >= 0.6 is 0 Å². The zero-order chi connectivity index (χ0) is 16.8. The van der Waals surface area contributed by atoms with E-state index >= 15 is 0 Å². The molecule has 7 heteroatoms. The highest BCUT2D eigenvalue weighted by molar-refractivity contribution is 6.33. The molecule has 0 N–H and O–H groups in total. The zero-order valence-electron chi connectivity index (χ0n) is 12.8. The maximum Gasteiger partial charge on any atom is 0.261 e. The van der Waals surface area contributed by atoms with Crippen LogP contribution in [0.5, 0.6) is 0 Å². The number of imide groups is 1. The van der Waals surface area contributed by atoms with Gasteiger partial charge in [-0.2, -0.15) is 0 Å². The van der Waals surface area contributed by atoms with Gasteiger partial charge in [-0.25, -0.2) is 14.0 Å². The second kappa shape index (κ2) is 5.27. The summed E-state index contributed by atoms with van der Waals surface area (Å²) in [6.07, 6.45) is 8.15. The van der Waals surface area contributed by atoms with Crippen molar-refractivity contribution in [3.05, 3.63) is 29.1 Å². The van der Waals surface area contributed by atoms with Crippen molar-refractivity contribution in [2.45, 2.75) is 32.2 Å². The van der Waals surface area contributed by atoms with Crippen molar-refractivity contribution in [3.63, 3.8) is 0 Å². The van der Waals surface area contributed by atoms with Crippen LogP contribution in [0.4, 0.5) is 10.1 Å². The second-order valence-corrected chi connectivity index (χ2v) is 5.85. The Kier molecular flexibility index (Phi) is 3.20. The van der Waals surface area contributed by atoms with Gasteiger partial charge in [0.2, 0.25) is 0 Å².